The van der Waals surface area contributed by atoms with Crippen LogP contribution in [-0.4, -0.2) is 0 Å². The lowest BCUT2D eigenvalue weighted by Crippen LogP contribution is -1.97. The van der Waals surface area contributed by atoms with E-state index in [0.29, 0.717) is 0 Å². The average molecular weight is 351 g/mol. The van der Waals surface area contributed by atoms with Crippen molar-refractivity contribution in [3.8, 4) is 11.1 Å². The van der Waals surface area contributed by atoms with Gasteiger partial charge in [0.25, 0.3) is 0 Å². The van der Waals surface area contributed by atoms with Crippen molar-refractivity contribution in [1.82, 2.24) is 0 Å². The zero-order valence-electron chi connectivity index (χ0n) is 18.1. The van der Waals surface area contributed by atoms with Crippen molar-refractivity contribution in [3.63, 3.8) is 0 Å². The van der Waals surface area contributed by atoms with Gasteiger partial charge < -0.3 is 0 Å². The number of hydrogen-bond donors (Lipinski definition) is 0. The van der Waals surface area contributed by atoms with Crippen LogP contribution in [0, 0.1) is 27.7 Å². The van der Waals surface area contributed by atoms with E-state index in [1.165, 1.54) is 70.2 Å². The summed E-state index contributed by atoms with van der Waals surface area (Å²) in [7, 11) is 0. The molecule has 2 aromatic carbocycles. The fourth-order valence-electron chi connectivity index (χ4n) is 3.44. The van der Waals surface area contributed by atoms with Gasteiger partial charge in [0.05, 0.1) is 0 Å². The molecular weight excluding hydrogens is 312 g/mol. The molecule has 2 aromatic rings. The predicted molar refractivity (Wildman–Crippen MR) is 120 cm³/mol. The largest absolute Gasteiger partial charge is 0.0985 e. The van der Waals surface area contributed by atoms with Crippen molar-refractivity contribution < 1.29 is 0 Å². The second kappa shape index (κ2) is 11.0. The van der Waals surface area contributed by atoms with E-state index in [2.05, 4.69) is 65.5 Å². The van der Waals surface area contributed by atoms with Crippen LogP contribution >= 0.6 is 0 Å². The normalized spacial score (nSPS) is 10.3. The first kappa shape index (κ1) is 22.2. The lowest BCUT2D eigenvalue weighted by Gasteiger charge is -2.17. The standard InChI is InChI=1S/C24H32.C2H6/c1-7-9-10-11-12-22-16-21(8-2)19(5)15-24(22)23-14-18(4)17(3)13-20(23)6;1-2/h8,13-16H,2,7,9-12H2,1,3-6H3;1-2H3. The first-order valence-electron chi connectivity index (χ1n) is 10.3. The van der Waals surface area contributed by atoms with Crippen LogP contribution in [0.2, 0.25) is 0 Å². The van der Waals surface area contributed by atoms with Crippen LogP contribution < -0.4 is 0 Å². The second-order valence-corrected chi connectivity index (χ2v) is 7.13. The van der Waals surface area contributed by atoms with Gasteiger partial charge in [0.1, 0.15) is 0 Å². The van der Waals surface area contributed by atoms with Gasteiger partial charge >= 0.3 is 0 Å². The van der Waals surface area contributed by atoms with E-state index in [-0.39, 0.29) is 0 Å². The van der Waals surface area contributed by atoms with Crippen LogP contribution in [0.1, 0.15) is 79.8 Å². The Morgan fingerprint density at radius 1 is 0.731 bits per heavy atom. The van der Waals surface area contributed by atoms with Gasteiger partial charge in [0.2, 0.25) is 0 Å². The summed E-state index contributed by atoms with van der Waals surface area (Å²) in [6.07, 6.45) is 8.35. The summed E-state index contributed by atoms with van der Waals surface area (Å²) in [5.74, 6) is 0. The number of aryl methyl sites for hydroxylation is 5. The molecule has 0 aliphatic rings. The highest BCUT2D eigenvalue weighted by Crippen LogP contribution is 2.32. The Labute approximate surface area is 162 Å². The summed E-state index contributed by atoms with van der Waals surface area (Å²) in [6.45, 7) is 19.1. The monoisotopic (exact) mass is 350 g/mol. The maximum Gasteiger partial charge on any atom is -0.0146 e. The molecule has 0 nitrogen and oxygen atoms in total. The highest BCUT2D eigenvalue weighted by molar-refractivity contribution is 5.75. The van der Waals surface area contributed by atoms with Crippen LogP contribution in [0.25, 0.3) is 17.2 Å². The van der Waals surface area contributed by atoms with E-state index in [9.17, 15) is 0 Å². The topological polar surface area (TPSA) is 0 Å². The Kier molecular flexibility index (Phi) is 9.41. The van der Waals surface area contributed by atoms with Gasteiger partial charge in [-0.15, -0.1) is 0 Å². The van der Waals surface area contributed by atoms with Crippen LogP contribution in [0.3, 0.4) is 0 Å². The molecule has 0 bridgehead atoms. The molecule has 0 spiro atoms. The van der Waals surface area contributed by atoms with Crippen molar-refractivity contribution in [2.24, 2.45) is 0 Å². The molecule has 0 heterocycles. The Hall–Kier alpha value is -1.82. The quantitative estimate of drug-likeness (QED) is 0.440. The van der Waals surface area contributed by atoms with Gasteiger partial charge in [0, 0.05) is 0 Å². The Morgan fingerprint density at radius 2 is 1.35 bits per heavy atom. The van der Waals surface area contributed by atoms with Crippen LogP contribution in [0.15, 0.2) is 30.8 Å². The summed E-state index contributed by atoms with van der Waals surface area (Å²) in [5.41, 5.74) is 11.0. The first-order valence-corrected chi connectivity index (χ1v) is 10.3. The lowest BCUT2D eigenvalue weighted by molar-refractivity contribution is 0.667. The third kappa shape index (κ3) is 5.59. The minimum atomic E-state index is 1.16. The van der Waals surface area contributed by atoms with Gasteiger partial charge in [0.15, 0.2) is 0 Å². The molecule has 142 valence electrons. The third-order valence-corrected chi connectivity index (χ3v) is 5.14. The van der Waals surface area contributed by atoms with Crippen LogP contribution in [-0.2, 0) is 6.42 Å². The van der Waals surface area contributed by atoms with E-state index < -0.39 is 0 Å². The van der Waals surface area contributed by atoms with E-state index >= 15 is 0 Å². The molecule has 26 heavy (non-hydrogen) atoms. The smallest absolute Gasteiger partial charge is 0.0146 e. The summed E-state index contributed by atoms with van der Waals surface area (Å²) < 4.78 is 0. The number of benzene rings is 2. The summed E-state index contributed by atoms with van der Waals surface area (Å²) in [5, 5.41) is 0. The Morgan fingerprint density at radius 3 is 1.96 bits per heavy atom. The third-order valence-electron chi connectivity index (χ3n) is 5.14. The van der Waals surface area contributed by atoms with Crippen LogP contribution in [0.4, 0.5) is 0 Å². The molecule has 0 aliphatic heterocycles. The zero-order valence-corrected chi connectivity index (χ0v) is 18.1. The van der Waals surface area contributed by atoms with E-state index in [0.717, 1.165) is 6.42 Å². The highest BCUT2D eigenvalue weighted by atomic mass is 14.2. The second-order valence-electron chi connectivity index (χ2n) is 7.13. The summed E-state index contributed by atoms with van der Waals surface area (Å²) in [4.78, 5) is 0. The SMILES string of the molecule is C=Cc1cc(CCCCCC)c(-c2cc(C)c(C)cc2C)cc1C.CC. The Balaban J connectivity index is 0.00000163. The molecule has 0 unspecified atom stereocenters. The number of rotatable bonds is 7. The van der Waals surface area contributed by atoms with E-state index in [4.69, 9.17) is 0 Å². The molecule has 0 atom stereocenters. The maximum atomic E-state index is 3.99. The van der Waals surface area contributed by atoms with E-state index in [1.807, 2.05) is 19.9 Å². The summed E-state index contributed by atoms with van der Waals surface area (Å²) >= 11 is 0. The molecule has 0 saturated heterocycles. The zero-order chi connectivity index (χ0) is 19.7. The molecule has 0 amide bonds. The molecule has 0 heteroatoms. The maximum absolute atomic E-state index is 3.99. The molecule has 0 fully saturated rings. The van der Waals surface area contributed by atoms with Crippen molar-refractivity contribution in [3.05, 3.63) is 64.2 Å². The average Bonchev–Trinajstić information content (AvgIpc) is 2.64. The Bertz CT molecular complexity index is 719. The molecule has 2 rings (SSSR count). The first-order chi connectivity index (χ1) is 12.5. The van der Waals surface area contributed by atoms with Crippen molar-refractivity contribution >= 4 is 6.08 Å². The van der Waals surface area contributed by atoms with Crippen molar-refractivity contribution in [2.45, 2.75) is 80.6 Å². The predicted octanol–water partition coefficient (Wildman–Crippen LogP) is 8.38. The molecular formula is C26H38. The van der Waals surface area contributed by atoms with E-state index in [1.54, 1.807) is 0 Å². The van der Waals surface area contributed by atoms with Gasteiger partial charge in [-0.2, -0.15) is 0 Å². The van der Waals surface area contributed by atoms with Crippen molar-refractivity contribution in [1.29, 1.82) is 0 Å². The highest BCUT2D eigenvalue weighted by Gasteiger charge is 2.12. The summed E-state index contributed by atoms with van der Waals surface area (Å²) in [6, 6.07) is 9.41. The fourth-order valence-corrected chi connectivity index (χ4v) is 3.44. The van der Waals surface area contributed by atoms with Gasteiger partial charge in [-0.3, -0.25) is 0 Å². The molecule has 0 saturated carbocycles. The van der Waals surface area contributed by atoms with Crippen LogP contribution in [0.5, 0.6) is 0 Å². The lowest BCUT2D eigenvalue weighted by atomic mass is 9.88. The fraction of sp³-hybridized carbons (Fsp3) is 0.462. The minimum absolute atomic E-state index is 1.16. The number of hydrogen-bond acceptors (Lipinski definition) is 0. The number of unbranched alkanes of at least 4 members (excludes halogenated alkanes) is 3. The minimum Gasteiger partial charge on any atom is -0.0985 e. The molecule has 0 aromatic heterocycles. The molecule has 0 aliphatic carbocycles. The van der Waals surface area contributed by atoms with Gasteiger partial charge in [-0.1, -0.05) is 77.0 Å². The molecule has 0 N–H and O–H groups in total. The van der Waals surface area contributed by atoms with Gasteiger partial charge in [-0.05, 0) is 85.0 Å². The van der Waals surface area contributed by atoms with Crippen molar-refractivity contribution in [2.75, 3.05) is 0 Å². The molecule has 0 radical (unpaired) electrons. The van der Waals surface area contributed by atoms with Gasteiger partial charge in [-0.25, -0.2) is 0 Å².